The summed E-state index contributed by atoms with van der Waals surface area (Å²) in [5.74, 6) is -3.04. The van der Waals surface area contributed by atoms with Crippen LogP contribution < -0.4 is 0 Å². The highest BCUT2D eigenvalue weighted by molar-refractivity contribution is 5.91. The van der Waals surface area contributed by atoms with E-state index in [1.807, 2.05) is 0 Å². The molecule has 0 fully saturated rings. The molecule has 0 saturated carbocycles. The molecule has 1 rings (SSSR count). The Morgan fingerprint density at radius 3 is 2.46 bits per heavy atom. The molecule has 0 aromatic carbocycles. The summed E-state index contributed by atoms with van der Waals surface area (Å²) in [6.45, 7) is 9.09. The molecule has 2 N–H and O–H groups in total. The van der Waals surface area contributed by atoms with Gasteiger partial charge in [0.25, 0.3) is 0 Å². The monoisotopic (exact) mass is 370 g/mol. The Morgan fingerprint density at radius 1 is 1.35 bits per heavy atom. The van der Waals surface area contributed by atoms with Crippen LogP contribution in [0.3, 0.4) is 0 Å². The molecule has 1 heterocycles. The predicted octanol–water partition coefficient (Wildman–Crippen LogP) is 1.40. The van der Waals surface area contributed by atoms with Gasteiger partial charge in [-0.05, 0) is 45.3 Å². The van der Waals surface area contributed by atoms with Crippen molar-refractivity contribution in [2.45, 2.75) is 71.9 Å². The number of ketones is 1. The maximum absolute atomic E-state index is 12.5. The molecular formula is C19H30O7. The van der Waals surface area contributed by atoms with Gasteiger partial charge in [0.05, 0.1) is 12.0 Å². The Bertz CT molecular complexity index is 566. The van der Waals surface area contributed by atoms with E-state index in [0.29, 0.717) is 6.42 Å². The zero-order valence-corrected chi connectivity index (χ0v) is 16.3. The van der Waals surface area contributed by atoms with E-state index in [-0.39, 0.29) is 17.6 Å². The average molecular weight is 370 g/mol. The van der Waals surface area contributed by atoms with E-state index in [0.717, 1.165) is 0 Å². The summed E-state index contributed by atoms with van der Waals surface area (Å²) in [5.41, 5.74) is -1.74. The Kier molecular flexibility index (Phi) is 7.53. The van der Waals surface area contributed by atoms with Crippen LogP contribution in [0.1, 0.15) is 48.0 Å². The van der Waals surface area contributed by atoms with Crippen LogP contribution in [-0.4, -0.2) is 51.8 Å². The van der Waals surface area contributed by atoms with Gasteiger partial charge in [-0.25, -0.2) is 0 Å². The van der Waals surface area contributed by atoms with Crippen LogP contribution in [0.25, 0.3) is 0 Å². The number of hydrogen-bond acceptors (Lipinski definition) is 7. The van der Waals surface area contributed by atoms with Crippen LogP contribution in [0.15, 0.2) is 12.2 Å². The maximum Gasteiger partial charge on any atom is 0.311 e. The van der Waals surface area contributed by atoms with E-state index in [4.69, 9.17) is 9.47 Å². The lowest BCUT2D eigenvalue weighted by atomic mass is 9.84. The van der Waals surface area contributed by atoms with Gasteiger partial charge in [-0.15, -0.1) is 0 Å². The predicted molar refractivity (Wildman–Crippen MR) is 94.0 cm³/mol. The van der Waals surface area contributed by atoms with Gasteiger partial charge in [-0.2, -0.15) is 0 Å². The number of allylic oxidation sites excluding steroid dienone is 1. The fourth-order valence-electron chi connectivity index (χ4n) is 3.20. The van der Waals surface area contributed by atoms with Crippen molar-refractivity contribution in [2.75, 3.05) is 0 Å². The molecule has 7 heteroatoms. The first-order valence-electron chi connectivity index (χ1n) is 8.88. The number of aliphatic hydroxyl groups excluding tert-OH is 1. The van der Waals surface area contributed by atoms with E-state index in [9.17, 15) is 24.6 Å². The summed E-state index contributed by atoms with van der Waals surface area (Å²) < 4.78 is 10.5. The zero-order chi connectivity index (χ0) is 20.2. The second-order valence-electron chi connectivity index (χ2n) is 7.53. The number of esters is 2. The summed E-state index contributed by atoms with van der Waals surface area (Å²) >= 11 is 0. The molecule has 148 valence electrons. The van der Waals surface area contributed by atoms with Crippen molar-refractivity contribution >= 4 is 17.7 Å². The molecule has 0 aromatic heterocycles. The largest absolute Gasteiger partial charge is 0.459 e. The minimum Gasteiger partial charge on any atom is -0.459 e. The molecule has 0 amide bonds. The second-order valence-corrected chi connectivity index (χ2v) is 7.53. The van der Waals surface area contributed by atoms with Gasteiger partial charge >= 0.3 is 11.9 Å². The van der Waals surface area contributed by atoms with Gasteiger partial charge in [0, 0.05) is 12.8 Å². The van der Waals surface area contributed by atoms with Crippen LogP contribution >= 0.6 is 0 Å². The molecule has 0 spiro atoms. The van der Waals surface area contributed by atoms with Crippen molar-refractivity contribution in [1.82, 2.24) is 0 Å². The summed E-state index contributed by atoms with van der Waals surface area (Å²) in [6.07, 6.45) is -0.281. The van der Waals surface area contributed by atoms with E-state index in [1.165, 1.54) is 39.8 Å². The number of carbonyl (C=O) groups excluding carboxylic acids is 3. The fraction of sp³-hybridized carbons (Fsp3) is 0.737. The zero-order valence-electron chi connectivity index (χ0n) is 16.3. The molecular weight excluding hydrogens is 340 g/mol. The second kappa shape index (κ2) is 8.77. The summed E-state index contributed by atoms with van der Waals surface area (Å²) in [6, 6.07) is 0. The Morgan fingerprint density at radius 2 is 1.92 bits per heavy atom. The van der Waals surface area contributed by atoms with Crippen molar-refractivity contribution in [2.24, 2.45) is 17.8 Å². The van der Waals surface area contributed by atoms with Crippen molar-refractivity contribution in [3.8, 4) is 0 Å². The average Bonchev–Trinajstić information content (AvgIpc) is 2.53. The third-order valence-electron chi connectivity index (χ3n) is 4.86. The molecule has 1 aliphatic heterocycles. The molecule has 0 aliphatic carbocycles. The minimum absolute atomic E-state index is 0.206. The molecule has 0 radical (unpaired) electrons. The Balaban J connectivity index is 3.29. The third-order valence-corrected chi connectivity index (χ3v) is 4.86. The first kappa shape index (κ1) is 22.3. The highest BCUT2D eigenvalue weighted by atomic mass is 16.6. The summed E-state index contributed by atoms with van der Waals surface area (Å²) in [5, 5.41) is 21.2. The lowest BCUT2D eigenvalue weighted by Crippen LogP contribution is -2.50. The minimum atomic E-state index is -1.74. The summed E-state index contributed by atoms with van der Waals surface area (Å²) in [4.78, 5) is 36.1. The standard InChI is InChI=1S/C19H30O7/c1-10-9-11(2)16(22)12(3)18(23)26-17(13(4)25-14(5)20)19(6,24)8-7-15(10)21/h7-8,10-13,16-17,22,24H,9H2,1-6H3/b8-7+/t10-,11?,12-,13-,16+,17-,19+/m1/s1. The van der Waals surface area contributed by atoms with Crippen molar-refractivity contribution in [3.63, 3.8) is 0 Å². The first-order chi connectivity index (χ1) is 11.9. The molecule has 0 bridgehead atoms. The molecule has 26 heavy (non-hydrogen) atoms. The van der Waals surface area contributed by atoms with Gasteiger partial charge < -0.3 is 19.7 Å². The van der Waals surface area contributed by atoms with E-state index < -0.39 is 41.8 Å². The number of ether oxygens (including phenoxy) is 2. The van der Waals surface area contributed by atoms with Crippen molar-refractivity contribution in [1.29, 1.82) is 0 Å². The molecule has 0 aromatic rings. The lowest BCUT2D eigenvalue weighted by molar-refractivity contribution is -0.187. The van der Waals surface area contributed by atoms with Crippen LogP contribution in [0, 0.1) is 17.8 Å². The maximum atomic E-state index is 12.5. The first-order valence-corrected chi connectivity index (χ1v) is 8.88. The smallest absolute Gasteiger partial charge is 0.311 e. The van der Waals surface area contributed by atoms with Gasteiger partial charge in [0.15, 0.2) is 11.9 Å². The highest BCUT2D eigenvalue weighted by Gasteiger charge is 2.41. The molecule has 1 aliphatic rings. The SMILES string of the molecule is CC(=O)O[C@H](C)[C@H]1OC(=O)[C@H](C)[C@@H](O)C(C)C[C@@H](C)C(=O)/C=C/[C@]1(C)O. The molecule has 7 atom stereocenters. The normalized spacial score (nSPS) is 39.2. The van der Waals surface area contributed by atoms with Crippen LogP contribution in [0.4, 0.5) is 0 Å². The molecule has 0 saturated heterocycles. The van der Waals surface area contributed by atoms with Crippen molar-refractivity contribution < 1.29 is 34.1 Å². The van der Waals surface area contributed by atoms with E-state index >= 15 is 0 Å². The van der Waals surface area contributed by atoms with E-state index in [1.54, 1.807) is 13.8 Å². The number of hydrogen-bond donors (Lipinski definition) is 2. The number of carbonyl (C=O) groups is 3. The number of aliphatic hydroxyl groups is 2. The van der Waals surface area contributed by atoms with Gasteiger partial charge in [-0.1, -0.05) is 13.8 Å². The van der Waals surface area contributed by atoms with Gasteiger partial charge in [-0.3, -0.25) is 14.4 Å². The van der Waals surface area contributed by atoms with Crippen LogP contribution in [-0.2, 0) is 23.9 Å². The van der Waals surface area contributed by atoms with Crippen LogP contribution in [0.2, 0.25) is 0 Å². The fourth-order valence-corrected chi connectivity index (χ4v) is 3.20. The molecule has 1 unspecified atom stereocenters. The topological polar surface area (TPSA) is 110 Å². The molecule has 7 nitrogen and oxygen atoms in total. The Hall–Kier alpha value is -1.73. The van der Waals surface area contributed by atoms with Crippen LogP contribution in [0.5, 0.6) is 0 Å². The highest BCUT2D eigenvalue weighted by Crippen LogP contribution is 2.27. The Labute approximate surface area is 154 Å². The van der Waals surface area contributed by atoms with Gasteiger partial charge in [0.1, 0.15) is 11.7 Å². The van der Waals surface area contributed by atoms with Gasteiger partial charge in [0.2, 0.25) is 0 Å². The number of cyclic esters (lactones) is 1. The summed E-state index contributed by atoms with van der Waals surface area (Å²) in [7, 11) is 0. The number of rotatable bonds is 2. The quantitative estimate of drug-likeness (QED) is 0.707. The third kappa shape index (κ3) is 5.64. The van der Waals surface area contributed by atoms with Crippen molar-refractivity contribution in [3.05, 3.63) is 12.2 Å². The lowest BCUT2D eigenvalue weighted by Gasteiger charge is -2.35. The van der Waals surface area contributed by atoms with E-state index in [2.05, 4.69) is 0 Å².